The van der Waals surface area contributed by atoms with Crippen LogP contribution < -0.4 is 4.74 Å². The normalized spacial score (nSPS) is 18.2. The summed E-state index contributed by atoms with van der Waals surface area (Å²) < 4.78 is 52.7. The molecule has 0 N–H and O–H groups in total. The van der Waals surface area contributed by atoms with E-state index >= 15 is 0 Å². The number of ether oxygens (including phenoxy) is 2. The van der Waals surface area contributed by atoms with Crippen molar-refractivity contribution in [3.05, 3.63) is 64.2 Å². The summed E-state index contributed by atoms with van der Waals surface area (Å²) in [6.07, 6.45) is -1.32. The predicted molar refractivity (Wildman–Crippen MR) is 137 cm³/mol. The number of halogens is 3. The lowest BCUT2D eigenvalue weighted by Gasteiger charge is -2.27. The highest BCUT2D eigenvalue weighted by Crippen LogP contribution is 2.36. The van der Waals surface area contributed by atoms with Crippen LogP contribution >= 0.6 is 11.8 Å². The summed E-state index contributed by atoms with van der Waals surface area (Å²) in [6, 6.07) is 9.14. The van der Waals surface area contributed by atoms with Gasteiger partial charge in [0.1, 0.15) is 5.75 Å². The molecule has 2 saturated heterocycles. The SMILES string of the molecule is COc1ccc(Cn2ncc3cc(/C=C4\SC(=O)N(CCN5CCOCC5)C4=O)ccc32)c(C(F)(F)F)c1. The van der Waals surface area contributed by atoms with Gasteiger partial charge in [-0.05, 0) is 53.2 Å². The maximum atomic E-state index is 13.6. The Balaban J connectivity index is 1.32. The highest BCUT2D eigenvalue weighted by Gasteiger charge is 2.35. The van der Waals surface area contributed by atoms with Gasteiger partial charge in [0.2, 0.25) is 0 Å². The Labute approximate surface area is 221 Å². The minimum Gasteiger partial charge on any atom is -0.497 e. The number of carbonyl (C=O) groups is 2. The quantitative estimate of drug-likeness (QED) is 0.405. The van der Waals surface area contributed by atoms with E-state index in [0.717, 1.165) is 30.9 Å². The second kappa shape index (κ2) is 10.8. The van der Waals surface area contributed by atoms with Gasteiger partial charge in [0, 0.05) is 31.6 Å². The lowest BCUT2D eigenvalue weighted by Crippen LogP contribution is -2.42. The Morgan fingerprint density at radius 2 is 1.89 bits per heavy atom. The monoisotopic (exact) mass is 546 g/mol. The van der Waals surface area contributed by atoms with Crippen LogP contribution in [0.3, 0.4) is 0 Å². The van der Waals surface area contributed by atoms with Crippen molar-refractivity contribution in [1.29, 1.82) is 0 Å². The number of benzene rings is 2. The third-order valence-electron chi connectivity index (χ3n) is 6.52. The number of thioether (sulfide) groups is 1. The molecule has 0 aliphatic carbocycles. The summed E-state index contributed by atoms with van der Waals surface area (Å²) in [7, 11) is 1.32. The van der Waals surface area contributed by atoms with E-state index in [9.17, 15) is 22.8 Å². The van der Waals surface area contributed by atoms with E-state index in [-0.39, 0.29) is 29.0 Å². The van der Waals surface area contributed by atoms with Crippen LogP contribution in [0.4, 0.5) is 18.0 Å². The number of hydrogen-bond acceptors (Lipinski definition) is 7. The Hall–Kier alpha value is -3.35. The first-order valence-corrected chi connectivity index (χ1v) is 12.8. The van der Waals surface area contributed by atoms with Gasteiger partial charge in [-0.3, -0.25) is 24.1 Å². The van der Waals surface area contributed by atoms with Gasteiger partial charge in [0.25, 0.3) is 11.1 Å². The molecule has 3 heterocycles. The summed E-state index contributed by atoms with van der Waals surface area (Å²) in [4.78, 5) is 29.1. The number of methoxy groups -OCH3 is 1. The van der Waals surface area contributed by atoms with Crippen molar-refractivity contribution in [2.45, 2.75) is 12.7 Å². The highest BCUT2D eigenvalue weighted by molar-refractivity contribution is 8.18. The van der Waals surface area contributed by atoms with Crippen molar-refractivity contribution in [2.24, 2.45) is 0 Å². The topological polar surface area (TPSA) is 76.9 Å². The molecule has 0 atom stereocenters. The van der Waals surface area contributed by atoms with Crippen LogP contribution in [0.15, 0.2) is 47.5 Å². The van der Waals surface area contributed by atoms with E-state index in [4.69, 9.17) is 9.47 Å². The molecular formula is C26H25F3N4O4S. The smallest absolute Gasteiger partial charge is 0.416 e. The fraction of sp³-hybridized carbons (Fsp3) is 0.346. The lowest BCUT2D eigenvalue weighted by molar-refractivity contribution is -0.138. The van der Waals surface area contributed by atoms with E-state index in [0.29, 0.717) is 47.7 Å². The molecular weight excluding hydrogens is 521 g/mol. The molecule has 2 fully saturated rings. The number of amides is 2. The summed E-state index contributed by atoms with van der Waals surface area (Å²) in [6.45, 7) is 3.67. The molecule has 3 aromatic rings. The van der Waals surface area contributed by atoms with Crippen molar-refractivity contribution in [3.8, 4) is 5.75 Å². The lowest BCUT2D eigenvalue weighted by atomic mass is 10.1. The molecule has 0 radical (unpaired) electrons. The van der Waals surface area contributed by atoms with E-state index in [1.807, 2.05) is 0 Å². The number of fused-ring (bicyclic) bond motifs is 1. The molecule has 0 spiro atoms. The zero-order chi connectivity index (χ0) is 26.9. The molecule has 38 heavy (non-hydrogen) atoms. The van der Waals surface area contributed by atoms with Crippen LogP contribution in [0.25, 0.3) is 17.0 Å². The number of hydrogen-bond donors (Lipinski definition) is 0. The van der Waals surface area contributed by atoms with Crippen LogP contribution in [-0.4, -0.2) is 77.2 Å². The van der Waals surface area contributed by atoms with Crippen LogP contribution in [0.2, 0.25) is 0 Å². The van der Waals surface area contributed by atoms with Crippen molar-refractivity contribution in [3.63, 3.8) is 0 Å². The van der Waals surface area contributed by atoms with Gasteiger partial charge in [-0.2, -0.15) is 18.3 Å². The average Bonchev–Trinajstić information content (AvgIpc) is 3.42. The van der Waals surface area contributed by atoms with Gasteiger partial charge in [-0.1, -0.05) is 12.1 Å². The molecule has 12 heteroatoms. The second-order valence-corrected chi connectivity index (χ2v) is 9.92. The number of morpholine rings is 1. The van der Waals surface area contributed by atoms with Gasteiger partial charge < -0.3 is 9.47 Å². The standard InChI is InChI=1S/C26H25F3N4O4S/c1-36-20-4-3-18(21(14-20)26(27,28)29)16-33-22-5-2-17(12-19(22)15-30-33)13-23-24(34)32(25(35)38-23)7-6-31-8-10-37-11-9-31/h2-5,12-15H,6-11,16H2,1H3/b23-13-. The summed E-state index contributed by atoms with van der Waals surface area (Å²) in [5, 5.41) is 4.69. The molecule has 2 amide bonds. The Bertz CT molecular complexity index is 1400. The zero-order valence-corrected chi connectivity index (χ0v) is 21.3. The zero-order valence-electron chi connectivity index (χ0n) is 20.5. The average molecular weight is 547 g/mol. The molecule has 0 bridgehead atoms. The van der Waals surface area contributed by atoms with Crippen molar-refractivity contribution in [2.75, 3.05) is 46.5 Å². The summed E-state index contributed by atoms with van der Waals surface area (Å²) >= 11 is 0.900. The largest absolute Gasteiger partial charge is 0.497 e. The Kier molecular flexibility index (Phi) is 7.46. The minimum atomic E-state index is -4.54. The van der Waals surface area contributed by atoms with Gasteiger partial charge in [0.05, 0.1) is 49.1 Å². The number of aromatic nitrogens is 2. The number of nitrogens with zero attached hydrogens (tertiary/aromatic N) is 4. The number of imide groups is 1. The molecule has 200 valence electrons. The molecule has 5 rings (SSSR count). The first kappa shape index (κ1) is 26.3. The summed E-state index contributed by atoms with van der Waals surface area (Å²) in [5.74, 6) is -0.204. The van der Waals surface area contributed by atoms with Gasteiger partial charge in [-0.15, -0.1) is 0 Å². The van der Waals surface area contributed by atoms with Crippen molar-refractivity contribution in [1.82, 2.24) is 19.6 Å². The van der Waals surface area contributed by atoms with Gasteiger partial charge in [0.15, 0.2) is 0 Å². The van der Waals surface area contributed by atoms with Crippen LogP contribution in [-0.2, 0) is 22.3 Å². The van der Waals surface area contributed by atoms with Gasteiger partial charge in [-0.25, -0.2) is 0 Å². The van der Waals surface area contributed by atoms with E-state index in [1.54, 1.807) is 30.5 Å². The second-order valence-electron chi connectivity index (χ2n) is 8.93. The predicted octanol–water partition coefficient (Wildman–Crippen LogP) is 4.48. The maximum Gasteiger partial charge on any atom is 0.416 e. The number of alkyl halides is 3. The maximum absolute atomic E-state index is 13.6. The fourth-order valence-electron chi connectivity index (χ4n) is 4.48. The van der Waals surface area contributed by atoms with Crippen molar-refractivity contribution < 1.29 is 32.2 Å². The molecule has 2 aliphatic heterocycles. The molecule has 8 nitrogen and oxygen atoms in total. The Morgan fingerprint density at radius 3 is 2.63 bits per heavy atom. The van der Waals surface area contributed by atoms with Crippen LogP contribution in [0.1, 0.15) is 16.7 Å². The fourth-order valence-corrected chi connectivity index (χ4v) is 5.34. The molecule has 0 saturated carbocycles. The summed E-state index contributed by atoms with van der Waals surface area (Å²) in [5.41, 5.74) is 0.625. The number of carbonyl (C=O) groups excluding carboxylic acids is 2. The minimum absolute atomic E-state index is 0.0677. The first-order chi connectivity index (χ1) is 18.2. The first-order valence-electron chi connectivity index (χ1n) is 12.0. The van der Waals surface area contributed by atoms with Crippen LogP contribution in [0.5, 0.6) is 5.75 Å². The number of rotatable bonds is 7. The van der Waals surface area contributed by atoms with E-state index in [1.165, 1.54) is 28.8 Å². The molecule has 2 aromatic carbocycles. The third-order valence-corrected chi connectivity index (χ3v) is 7.43. The molecule has 1 aromatic heterocycles. The Morgan fingerprint density at radius 1 is 1.11 bits per heavy atom. The van der Waals surface area contributed by atoms with E-state index < -0.39 is 11.7 Å². The van der Waals surface area contributed by atoms with E-state index in [2.05, 4.69) is 10.00 Å². The van der Waals surface area contributed by atoms with Crippen LogP contribution in [0, 0.1) is 0 Å². The highest BCUT2D eigenvalue weighted by atomic mass is 32.2. The van der Waals surface area contributed by atoms with Crippen molar-refractivity contribution >= 4 is 39.9 Å². The third kappa shape index (κ3) is 5.57. The molecule has 2 aliphatic rings. The molecule has 0 unspecified atom stereocenters. The van der Waals surface area contributed by atoms with Gasteiger partial charge >= 0.3 is 6.18 Å².